The predicted molar refractivity (Wildman–Crippen MR) is 71.8 cm³/mol. The van der Waals surface area contributed by atoms with Crippen molar-refractivity contribution >= 4 is 26.0 Å². The third-order valence-corrected chi connectivity index (χ3v) is 6.16. The molecule has 0 aromatic heterocycles. The summed E-state index contributed by atoms with van der Waals surface area (Å²) >= 11 is 3.35. The van der Waals surface area contributed by atoms with Crippen molar-refractivity contribution in [2.75, 3.05) is 5.33 Å². The van der Waals surface area contributed by atoms with Gasteiger partial charge in [0, 0.05) is 10.9 Å². The minimum Gasteiger partial charge on any atom is -0.207 e. The topological polar surface area (TPSA) is 46.2 Å². The Bertz CT molecular complexity index is 550. The van der Waals surface area contributed by atoms with Gasteiger partial charge < -0.3 is 0 Å². The number of nitrogens with one attached hydrogen (secondary N) is 1. The van der Waals surface area contributed by atoms with Gasteiger partial charge in [0.1, 0.15) is 5.82 Å². The lowest BCUT2D eigenvalue weighted by Crippen LogP contribution is -2.54. The quantitative estimate of drug-likeness (QED) is 0.860. The van der Waals surface area contributed by atoms with Gasteiger partial charge in [0.15, 0.2) is 0 Å². The minimum atomic E-state index is -3.58. The number of benzene rings is 1. The van der Waals surface area contributed by atoms with Crippen molar-refractivity contribution < 1.29 is 12.8 Å². The smallest absolute Gasteiger partial charge is 0.207 e. The van der Waals surface area contributed by atoms with Crippen LogP contribution in [0.1, 0.15) is 24.8 Å². The molecule has 1 aliphatic carbocycles. The summed E-state index contributed by atoms with van der Waals surface area (Å²) in [6.07, 6.45) is 2.69. The van der Waals surface area contributed by atoms with Gasteiger partial charge in [-0.2, -0.15) is 0 Å². The Morgan fingerprint density at radius 3 is 2.56 bits per heavy atom. The summed E-state index contributed by atoms with van der Waals surface area (Å²) in [6.45, 7) is 1.60. The average Bonchev–Trinajstić information content (AvgIpc) is 2.23. The standard InChI is InChI=1S/C12H15BrFNO2S/c1-9-7-10(14)3-4-11(9)18(16,17)15-12(8-13)5-2-6-12/h3-4,7,15H,2,5-6,8H2,1H3. The third kappa shape index (κ3) is 2.60. The molecule has 1 saturated carbocycles. The van der Waals surface area contributed by atoms with Crippen LogP contribution in [-0.2, 0) is 10.0 Å². The van der Waals surface area contributed by atoms with Gasteiger partial charge in [0.2, 0.25) is 10.0 Å². The number of aryl methyl sites for hydroxylation is 1. The molecule has 0 unspecified atom stereocenters. The zero-order chi connectivity index (χ0) is 13.4. The van der Waals surface area contributed by atoms with Gasteiger partial charge >= 0.3 is 0 Å². The molecular weight excluding hydrogens is 321 g/mol. The van der Waals surface area contributed by atoms with E-state index in [0.717, 1.165) is 19.3 Å². The van der Waals surface area contributed by atoms with Crippen LogP contribution in [0.25, 0.3) is 0 Å². The van der Waals surface area contributed by atoms with Gasteiger partial charge in [0.25, 0.3) is 0 Å². The highest BCUT2D eigenvalue weighted by Crippen LogP contribution is 2.35. The van der Waals surface area contributed by atoms with Gasteiger partial charge in [0.05, 0.1) is 4.90 Å². The summed E-state index contributed by atoms with van der Waals surface area (Å²) in [7, 11) is -3.58. The summed E-state index contributed by atoms with van der Waals surface area (Å²) < 4.78 is 40.3. The van der Waals surface area contributed by atoms with Crippen molar-refractivity contribution in [2.24, 2.45) is 0 Å². The van der Waals surface area contributed by atoms with Gasteiger partial charge in [-0.25, -0.2) is 17.5 Å². The Morgan fingerprint density at radius 2 is 2.11 bits per heavy atom. The largest absolute Gasteiger partial charge is 0.241 e. The van der Waals surface area contributed by atoms with Gasteiger partial charge in [-0.15, -0.1) is 0 Å². The summed E-state index contributed by atoms with van der Waals surface area (Å²) in [6, 6.07) is 3.72. The van der Waals surface area contributed by atoms with E-state index < -0.39 is 15.8 Å². The predicted octanol–water partition coefficient (Wildman–Crippen LogP) is 2.73. The number of hydrogen-bond donors (Lipinski definition) is 1. The zero-order valence-corrected chi connectivity index (χ0v) is 12.4. The Kier molecular flexibility index (Phi) is 3.80. The fourth-order valence-electron chi connectivity index (χ4n) is 2.12. The maximum atomic E-state index is 13.0. The fourth-order valence-corrected chi connectivity index (χ4v) is 4.69. The van der Waals surface area contributed by atoms with E-state index in [0.29, 0.717) is 10.9 Å². The fraction of sp³-hybridized carbons (Fsp3) is 0.500. The molecule has 0 aliphatic heterocycles. The summed E-state index contributed by atoms with van der Waals surface area (Å²) in [5, 5.41) is 0.597. The monoisotopic (exact) mass is 335 g/mol. The molecule has 0 radical (unpaired) electrons. The number of sulfonamides is 1. The van der Waals surface area contributed by atoms with E-state index in [4.69, 9.17) is 0 Å². The molecule has 1 aliphatic rings. The molecule has 0 amide bonds. The van der Waals surface area contributed by atoms with Gasteiger partial charge in [-0.05, 0) is 49.9 Å². The van der Waals surface area contributed by atoms with Crippen LogP contribution < -0.4 is 4.72 Å². The van der Waals surface area contributed by atoms with E-state index in [9.17, 15) is 12.8 Å². The number of halogens is 2. The van der Waals surface area contributed by atoms with Crippen molar-refractivity contribution in [3.63, 3.8) is 0 Å². The van der Waals surface area contributed by atoms with Crippen molar-refractivity contribution in [3.05, 3.63) is 29.6 Å². The van der Waals surface area contributed by atoms with E-state index in [1.165, 1.54) is 18.2 Å². The van der Waals surface area contributed by atoms with Crippen LogP contribution in [0.2, 0.25) is 0 Å². The second kappa shape index (κ2) is 4.90. The van der Waals surface area contributed by atoms with Gasteiger partial charge in [-0.3, -0.25) is 0 Å². The molecular formula is C12H15BrFNO2S. The summed E-state index contributed by atoms with van der Waals surface area (Å²) in [5.74, 6) is -0.426. The van der Waals surface area contributed by atoms with Crippen molar-refractivity contribution in [2.45, 2.75) is 36.6 Å². The van der Waals surface area contributed by atoms with E-state index in [-0.39, 0.29) is 10.4 Å². The molecule has 100 valence electrons. The van der Waals surface area contributed by atoms with Crippen LogP contribution in [0.4, 0.5) is 4.39 Å². The molecule has 6 heteroatoms. The lowest BCUT2D eigenvalue weighted by Gasteiger charge is -2.40. The minimum absolute atomic E-state index is 0.149. The number of alkyl halides is 1. The molecule has 0 spiro atoms. The van der Waals surface area contributed by atoms with E-state index >= 15 is 0 Å². The molecule has 3 nitrogen and oxygen atoms in total. The SMILES string of the molecule is Cc1cc(F)ccc1S(=O)(=O)NC1(CBr)CCC1. The van der Waals surface area contributed by atoms with Crippen molar-refractivity contribution in [1.82, 2.24) is 4.72 Å². The number of rotatable bonds is 4. The van der Waals surface area contributed by atoms with Crippen LogP contribution in [0.15, 0.2) is 23.1 Å². The lowest BCUT2D eigenvalue weighted by atomic mass is 9.80. The third-order valence-electron chi connectivity index (χ3n) is 3.34. The molecule has 0 atom stereocenters. The average molecular weight is 336 g/mol. The molecule has 1 fully saturated rings. The zero-order valence-electron chi connectivity index (χ0n) is 10.0. The normalized spacial score (nSPS) is 18.4. The highest BCUT2D eigenvalue weighted by molar-refractivity contribution is 9.09. The molecule has 0 bridgehead atoms. The van der Waals surface area contributed by atoms with E-state index in [1.54, 1.807) is 6.92 Å². The first-order chi connectivity index (χ1) is 8.38. The number of hydrogen-bond acceptors (Lipinski definition) is 2. The molecule has 1 N–H and O–H groups in total. The van der Waals surface area contributed by atoms with Crippen LogP contribution in [0.5, 0.6) is 0 Å². The molecule has 18 heavy (non-hydrogen) atoms. The Hall–Kier alpha value is -0.460. The first kappa shape index (κ1) is 14.0. The first-order valence-corrected chi connectivity index (χ1v) is 8.35. The highest BCUT2D eigenvalue weighted by Gasteiger charge is 2.40. The summed E-state index contributed by atoms with van der Waals surface area (Å²) in [5.41, 5.74) is 0.0474. The van der Waals surface area contributed by atoms with E-state index in [2.05, 4.69) is 20.7 Å². The Morgan fingerprint density at radius 1 is 1.44 bits per heavy atom. The van der Waals surface area contributed by atoms with Crippen molar-refractivity contribution in [3.8, 4) is 0 Å². The van der Waals surface area contributed by atoms with Crippen LogP contribution in [0, 0.1) is 12.7 Å². The summed E-state index contributed by atoms with van der Waals surface area (Å²) in [4.78, 5) is 0.149. The lowest BCUT2D eigenvalue weighted by molar-refractivity contribution is 0.256. The molecule has 1 aromatic rings. The van der Waals surface area contributed by atoms with E-state index in [1.807, 2.05) is 0 Å². The van der Waals surface area contributed by atoms with Crippen LogP contribution in [-0.4, -0.2) is 19.3 Å². The second-order valence-corrected chi connectivity index (χ2v) is 6.99. The molecule has 2 rings (SSSR count). The second-order valence-electron chi connectivity index (χ2n) is 4.78. The molecule has 0 heterocycles. The highest BCUT2D eigenvalue weighted by atomic mass is 79.9. The van der Waals surface area contributed by atoms with Gasteiger partial charge in [-0.1, -0.05) is 15.9 Å². The van der Waals surface area contributed by atoms with Crippen LogP contribution >= 0.6 is 15.9 Å². The molecule has 1 aromatic carbocycles. The maximum absolute atomic E-state index is 13.0. The Balaban J connectivity index is 2.31. The Labute approximate surface area is 115 Å². The first-order valence-electron chi connectivity index (χ1n) is 5.75. The maximum Gasteiger partial charge on any atom is 0.241 e. The molecule has 0 saturated heterocycles. The van der Waals surface area contributed by atoms with Crippen LogP contribution in [0.3, 0.4) is 0 Å². The van der Waals surface area contributed by atoms with Crippen molar-refractivity contribution in [1.29, 1.82) is 0 Å².